The van der Waals surface area contributed by atoms with Crippen LogP contribution in [0.25, 0.3) is 0 Å². The summed E-state index contributed by atoms with van der Waals surface area (Å²) in [7, 11) is 0. The van der Waals surface area contributed by atoms with Crippen molar-refractivity contribution in [3.63, 3.8) is 0 Å². The number of carboxylic acids is 1. The molecule has 8 heteroatoms. The van der Waals surface area contributed by atoms with Crippen molar-refractivity contribution >= 4 is 29.6 Å². The predicted octanol–water partition coefficient (Wildman–Crippen LogP) is 0.627. The van der Waals surface area contributed by atoms with E-state index in [-0.39, 0.29) is 30.3 Å². The Morgan fingerprint density at radius 2 is 1.58 bits per heavy atom. The van der Waals surface area contributed by atoms with Crippen LogP contribution in [-0.2, 0) is 24.0 Å². The minimum atomic E-state index is -0.794. The van der Waals surface area contributed by atoms with Crippen LogP contribution >= 0.6 is 0 Å². The highest BCUT2D eigenvalue weighted by atomic mass is 16.4. The summed E-state index contributed by atoms with van der Waals surface area (Å²) in [5.41, 5.74) is 0.284. The first kappa shape index (κ1) is 16.4. The monoisotopic (exact) mass is 334 g/mol. The molecule has 2 fully saturated rings. The third-order valence-corrected chi connectivity index (χ3v) is 4.90. The van der Waals surface area contributed by atoms with Crippen molar-refractivity contribution in [1.29, 1.82) is 0 Å². The van der Waals surface area contributed by atoms with Crippen LogP contribution in [0, 0.1) is 11.8 Å². The molecule has 3 aliphatic rings. The number of hydrogen-bond acceptors (Lipinski definition) is 5. The first-order valence-corrected chi connectivity index (χ1v) is 8.06. The molecule has 0 atom stereocenters. The average molecular weight is 334 g/mol. The van der Waals surface area contributed by atoms with Crippen LogP contribution in [-0.4, -0.2) is 44.7 Å². The normalized spacial score (nSPS) is 27.9. The quantitative estimate of drug-likeness (QED) is 0.755. The lowest BCUT2D eigenvalue weighted by Gasteiger charge is -2.27. The Labute approximate surface area is 138 Å². The van der Waals surface area contributed by atoms with E-state index < -0.39 is 29.6 Å². The van der Waals surface area contributed by atoms with E-state index in [1.165, 1.54) is 6.08 Å². The molecule has 128 valence electrons. The van der Waals surface area contributed by atoms with Gasteiger partial charge in [-0.15, -0.1) is 0 Å². The molecule has 0 spiro atoms. The van der Waals surface area contributed by atoms with Crippen LogP contribution in [0.4, 0.5) is 0 Å². The van der Waals surface area contributed by atoms with E-state index >= 15 is 0 Å². The fourth-order valence-corrected chi connectivity index (χ4v) is 3.56. The van der Waals surface area contributed by atoms with Gasteiger partial charge in [0.2, 0.25) is 11.8 Å². The standard InChI is InChI=1S/C16H18N2O6/c19-12-5-6-13(20)17(12)18-14(21)8-11(15(18)22)7-9-1-3-10(4-2-9)16(23)24/h8-10H,1-7H2,(H,23,24). The van der Waals surface area contributed by atoms with E-state index in [1.807, 2.05) is 0 Å². The summed E-state index contributed by atoms with van der Waals surface area (Å²) in [6.07, 6.45) is 4.03. The molecule has 4 amide bonds. The summed E-state index contributed by atoms with van der Waals surface area (Å²) < 4.78 is 0. The number of amides is 4. The van der Waals surface area contributed by atoms with Gasteiger partial charge in [-0.25, -0.2) is 0 Å². The van der Waals surface area contributed by atoms with Gasteiger partial charge in [-0.3, -0.25) is 24.0 Å². The summed E-state index contributed by atoms with van der Waals surface area (Å²) in [6.45, 7) is 0. The summed E-state index contributed by atoms with van der Waals surface area (Å²) in [6, 6.07) is 0. The summed E-state index contributed by atoms with van der Waals surface area (Å²) in [4.78, 5) is 58.9. The number of hydrogen-bond donors (Lipinski definition) is 1. The Bertz CT molecular complexity index is 643. The molecule has 1 saturated carbocycles. The third kappa shape index (κ3) is 2.83. The van der Waals surface area contributed by atoms with Crippen LogP contribution in [0.1, 0.15) is 44.9 Å². The zero-order valence-electron chi connectivity index (χ0n) is 13.1. The molecule has 1 N–H and O–H groups in total. The second-order valence-corrected chi connectivity index (χ2v) is 6.48. The van der Waals surface area contributed by atoms with Crippen molar-refractivity contribution in [2.45, 2.75) is 44.9 Å². The van der Waals surface area contributed by atoms with E-state index in [4.69, 9.17) is 5.11 Å². The van der Waals surface area contributed by atoms with Gasteiger partial charge in [-0.05, 0) is 38.0 Å². The van der Waals surface area contributed by atoms with Crippen LogP contribution in [0.5, 0.6) is 0 Å². The molecule has 0 aromatic heterocycles. The number of carbonyl (C=O) groups excluding carboxylic acids is 4. The predicted molar refractivity (Wildman–Crippen MR) is 78.7 cm³/mol. The Balaban J connectivity index is 1.64. The molecule has 0 aromatic carbocycles. The highest BCUT2D eigenvalue weighted by molar-refractivity contribution is 6.19. The highest BCUT2D eigenvalue weighted by Crippen LogP contribution is 2.34. The lowest BCUT2D eigenvalue weighted by molar-refractivity contribution is -0.170. The maximum Gasteiger partial charge on any atom is 0.306 e. The van der Waals surface area contributed by atoms with Gasteiger partial charge in [0.25, 0.3) is 11.8 Å². The number of carbonyl (C=O) groups is 5. The lowest BCUT2D eigenvalue weighted by atomic mass is 9.79. The maximum atomic E-state index is 12.4. The fourth-order valence-electron chi connectivity index (χ4n) is 3.56. The number of hydrazine groups is 1. The van der Waals surface area contributed by atoms with Gasteiger partial charge in [-0.2, -0.15) is 10.0 Å². The third-order valence-electron chi connectivity index (χ3n) is 4.90. The minimum absolute atomic E-state index is 0.00439. The molecule has 2 aliphatic heterocycles. The Kier molecular flexibility index (Phi) is 4.21. The van der Waals surface area contributed by atoms with Crippen molar-refractivity contribution in [2.75, 3.05) is 0 Å². The highest BCUT2D eigenvalue weighted by Gasteiger charge is 2.44. The zero-order chi connectivity index (χ0) is 17.4. The topological polar surface area (TPSA) is 112 Å². The second-order valence-electron chi connectivity index (χ2n) is 6.48. The molecule has 2 heterocycles. The van der Waals surface area contributed by atoms with Gasteiger partial charge in [0.1, 0.15) is 0 Å². The Hall–Kier alpha value is -2.51. The average Bonchev–Trinajstić information content (AvgIpc) is 3.00. The summed E-state index contributed by atoms with van der Waals surface area (Å²) >= 11 is 0. The molecule has 0 unspecified atom stereocenters. The van der Waals surface area contributed by atoms with Crippen LogP contribution in [0.2, 0.25) is 0 Å². The van der Waals surface area contributed by atoms with E-state index in [0.29, 0.717) is 42.1 Å². The lowest BCUT2D eigenvalue weighted by Crippen LogP contribution is -2.49. The first-order valence-electron chi connectivity index (χ1n) is 8.06. The molecule has 8 nitrogen and oxygen atoms in total. The van der Waals surface area contributed by atoms with Gasteiger partial charge < -0.3 is 5.11 Å². The Morgan fingerprint density at radius 3 is 2.12 bits per heavy atom. The summed E-state index contributed by atoms with van der Waals surface area (Å²) in [5.74, 6) is -3.38. The van der Waals surface area contributed by atoms with Crippen molar-refractivity contribution in [3.8, 4) is 0 Å². The number of aliphatic carboxylic acids is 1. The summed E-state index contributed by atoms with van der Waals surface area (Å²) in [5, 5.41) is 10.3. The second kappa shape index (κ2) is 6.18. The van der Waals surface area contributed by atoms with Gasteiger partial charge in [0.05, 0.1) is 5.92 Å². The van der Waals surface area contributed by atoms with Crippen molar-refractivity contribution < 1.29 is 29.1 Å². The molecular formula is C16H18N2O6. The van der Waals surface area contributed by atoms with E-state index in [0.717, 1.165) is 0 Å². The largest absolute Gasteiger partial charge is 0.481 e. The zero-order valence-corrected chi connectivity index (χ0v) is 13.1. The van der Waals surface area contributed by atoms with Crippen LogP contribution in [0.15, 0.2) is 11.6 Å². The molecule has 1 aliphatic carbocycles. The van der Waals surface area contributed by atoms with E-state index in [9.17, 15) is 24.0 Å². The number of imide groups is 2. The molecule has 0 aromatic rings. The van der Waals surface area contributed by atoms with E-state index in [2.05, 4.69) is 0 Å². The number of rotatable bonds is 4. The molecule has 24 heavy (non-hydrogen) atoms. The SMILES string of the molecule is O=C(O)C1CCC(CC2=CC(=O)N(N3C(=O)CCC3=O)C2=O)CC1. The van der Waals surface area contributed by atoms with Crippen molar-refractivity contribution in [1.82, 2.24) is 10.0 Å². The Morgan fingerprint density at radius 1 is 1.00 bits per heavy atom. The first-order chi connectivity index (χ1) is 11.4. The smallest absolute Gasteiger partial charge is 0.306 e. The maximum absolute atomic E-state index is 12.4. The van der Waals surface area contributed by atoms with Gasteiger partial charge >= 0.3 is 5.97 Å². The molecule has 0 radical (unpaired) electrons. The minimum Gasteiger partial charge on any atom is -0.481 e. The van der Waals surface area contributed by atoms with Crippen molar-refractivity contribution in [2.24, 2.45) is 11.8 Å². The molecular weight excluding hydrogens is 316 g/mol. The molecule has 0 bridgehead atoms. The molecule has 1 saturated heterocycles. The van der Waals surface area contributed by atoms with Crippen LogP contribution in [0.3, 0.4) is 0 Å². The number of nitrogens with zero attached hydrogens (tertiary/aromatic N) is 2. The van der Waals surface area contributed by atoms with Gasteiger partial charge in [-0.1, -0.05) is 0 Å². The van der Waals surface area contributed by atoms with E-state index in [1.54, 1.807) is 0 Å². The fraction of sp³-hybridized carbons (Fsp3) is 0.562. The number of carboxylic acid groups (broad SMARTS) is 1. The van der Waals surface area contributed by atoms with Crippen LogP contribution < -0.4 is 0 Å². The molecule has 3 rings (SSSR count). The van der Waals surface area contributed by atoms with Gasteiger partial charge in [0, 0.05) is 24.5 Å². The van der Waals surface area contributed by atoms with Gasteiger partial charge in [0.15, 0.2) is 0 Å². The van der Waals surface area contributed by atoms with Crippen molar-refractivity contribution in [3.05, 3.63) is 11.6 Å².